The van der Waals surface area contributed by atoms with Crippen molar-refractivity contribution in [3.8, 4) is 0 Å². The lowest BCUT2D eigenvalue weighted by atomic mass is 10.5. The van der Waals surface area contributed by atoms with Gasteiger partial charge >= 0.3 is 0 Å². The first-order valence-corrected chi connectivity index (χ1v) is 3.91. The van der Waals surface area contributed by atoms with Gasteiger partial charge in [-0.3, -0.25) is 4.79 Å². The van der Waals surface area contributed by atoms with Gasteiger partial charge in [0.05, 0.1) is 6.61 Å². The van der Waals surface area contributed by atoms with Gasteiger partial charge in [0.25, 0.3) is 0 Å². The van der Waals surface area contributed by atoms with E-state index in [1.807, 2.05) is 0 Å². The first-order valence-electron chi connectivity index (χ1n) is 3.91. The van der Waals surface area contributed by atoms with E-state index in [1.54, 1.807) is 7.11 Å². The minimum Gasteiger partial charge on any atom is -0.383 e. The number of amides is 1. The molecule has 6 nitrogen and oxygen atoms in total. The van der Waals surface area contributed by atoms with E-state index in [0.717, 1.165) is 0 Å². The second-order valence-corrected chi connectivity index (χ2v) is 2.44. The second kappa shape index (κ2) is 5.26. The van der Waals surface area contributed by atoms with Crippen molar-refractivity contribution in [2.24, 2.45) is 0 Å². The molecule has 13 heavy (non-hydrogen) atoms. The summed E-state index contributed by atoms with van der Waals surface area (Å²) in [6.07, 6.45) is 2.89. The largest absolute Gasteiger partial charge is 0.383 e. The predicted molar refractivity (Wildman–Crippen MR) is 44.9 cm³/mol. The standard InChI is InChI=1S/C7H12N4O2/c1-13-3-2-9-7(12)4-11-6-8-5-10-11/h5-6H,2-4H2,1H3,(H,9,12). The Morgan fingerprint density at radius 2 is 2.54 bits per heavy atom. The smallest absolute Gasteiger partial charge is 0.241 e. The van der Waals surface area contributed by atoms with Crippen molar-refractivity contribution in [3.63, 3.8) is 0 Å². The minimum absolute atomic E-state index is 0.0949. The molecule has 0 aliphatic heterocycles. The first kappa shape index (κ1) is 9.66. The highest BCUT2D eigenvalue weighted by atomic mass is 16.5. The zero-order valence-electron chi connectivity index (χ0n) is 7.43. The van der Waals surface area contributed by atoms with Crippen molar-refractivity contribution in [2.75, 3.05) is 20.3 Å². The number of nitrogens with one attached hydrogen (secondary N) is 1. The third-order valence-electron chi connectivity index (χ3n) is 1.40. The molecule has 72 valence electrons. The zero-order valence-corrected chi connectivity index (χ0v) is 7.43. The van der Waals surface area contributed by atoms with E-state index < -0.39 is 0 Å². The van der Waals surface area contributed by atoms with Crippen molar-refractivity contribution < 1.29 is 9.53 Å². The number of hydrogen-bond acceptors (Lipinski definition) is 4. The fourth-order valence-electron chi connectivity index (χ4n) is 0.810. The van der Waals surface area contributed by atoms with Gasteiger partial charge in [0.2, 0.25) is 5.91 Å². The van der Waals surface area contributed by atoms with Gasteiger partial charge in [-0.2, -0.15) is 5.10 Å². The van der Waals surface area contributed by atoms with Gasteiger partial charge in [-0.1, -0.05) is 0 Å². The number of aromatic nitrogens is 3. The lowest BCUT2D eigenvalue weighted by Crippen LogP contribution is -2.30. The van der Waals surface area contributed by atoms with Crippen LogP contribution >= 0.6 is 0 Å². The Kier molecular flexibility index (Phi) is 3.90. The molecule has 0 saturated heterocycles. The fourth-order valence-corrected chi connectivity index (χ4v) is 0.810. The van der Waals surface area contributed by atoms with Crippen LogP contribution in [0.25, 0.3) is 0 Å². The number of ether oxygens (including phenoxy) is 1. The molecule has 0 spiro atoms. The van der Waals surface area contributed by atoms with Crippen molar-refractivity contribution in [1.82, 2.24) is 20.1 Å². The van der Waals surface area contributed by atoms with E-state index >= 15 is 0 Å². The van der Waals surface area contributed by atoms with Crippen LogP contribution in [-0.4, -0.2) is 40.9 Å². The van der Waals surface area contributed by atoms with Crippen LogP contribution in [0.5, 0.6) is 0 Å². The van der Waals surface area contributed by atoms with Gasteiger partial charge < -0.3 is 10.1 Å². The van der Waals surface area contributed by atoms with Crippen molar-refractivity contribution in [3.05, 3.63) is 12.7 Å². The molecule has 0 bridgehead atoms. The molecule has 0 unspecified atom stereocenters. The van der Waals surface area contributed by atoms with Gasteiger partial charge in [0.1, 0.15) is 19.2 Å². The number of carbonyl (C=O) groups is 1. The highest BCUT2D eigenvalue weighted by Crippen LogP contribution is 1.79. The lowest BCUT2D eigenvalue weighted by molar-refractivity contribution is -0.122. The highest BCUT2D eigenvalue weighted by Gasteiger charge is 2.00. The molecule has 1 amide bonds. The summed E-state index contributed by atoms with van der Waals surface area (Å²) >= 11 is 0. The third-order valence-corrected chi connectivity index (χ3v) is 1.40. The summed E-state index contributed by atoms with van der Waals surface area (Å²) in [6, 6.07) is 0. The molecule has 1 N–H and O–H groups in total. The second-order valence-electron chi connectivity index (χ2n) is 2.44. The van der Waals surface area contributed by atoms with Crippen LogP contribution in [0.3, 0.4) is 0 Å². The van der Waals surface area contributed by atoms with Crippen molar-refractivity contribution >= 4 is 5.91 Å². The average molecular weight is 184 g/mol. The molecule has 6 heteroatoms. The van der Waals surface area contributed by atoms with Crippen LogP contribution in [0, 0.1) is 0 Å². The van der Waals surface area contributed by atoms with E-state index in [9.17, 15) is 4.79 Å². The Labute approximate surface area is 75.9 Å². The van der Waals surface area contributed by atoms with Crippen molar-refractivity contribution in [1.29, 1.82) is 0 Å². The zero-order chi connectivity index (χ0) is 9.52. The van der Waals surface area contributed by atoms with Gasteiger partial charge in [-0.15, -0.1) is 0 Å². The summed E-state index contributed by atoms with van der Waals surface area (Å²) in [6.45, 7) is 1.23. The Bertz CT molecular complexity index is 247. The number of hydrogen-bond donors (Lipinski definition) is 1. The summed E-state index contributed by atoms with van der Waals surface area (Å²) in [7, 11) is 1.59. The van der Waals surface area contributed by atoms with E-state index in [1.165, 1.54) is 17.3 Å². The number of nitrogens with zero attached hydrogens (tertiary/aromatic N) is 3. The van der Waals surface area contributed by atoms with Crippen LogP contribution in [0.2, 0.25) is 0 Å². The molecule has 1 rings (SSSR count). The number of methoxy groups -OCH3 is 1. The molecule has 1 heterocycles. The Morgan fingerprint density at radius 3 is 3.15 bits per heavy atom. The summed E-state index contributed by atoms with van der Waals surface area (Å²) in [5.74, 6) is -0.0949. The number of carbonyl (C=O) groups excluding carboxylic acids is 1. The molecule has 0 atom stereocenters. The fraction of sp³-hybridized carbons (Fsp3) is 0.571. The van der Waals surface area contributed by atoms with E-state index in [0.29, 0.717) is 13.2 Å². The van der Waals surface area contributed by atoms with Crippen LogP contribution in [0.1, 0.15) is 0 Å². The highest BCUT2D eigenvalue weighted by molar-refractivity contribution is 5.75. The molecule has 0 aromatic carbocycles. The van der Waals surface area contributed by atoms with E-state index in [4.69, 9.17) is 4.74 Å². The first-order chi connectivity index (χ1) is 6.33. The van der Waals surface area contributed by atoms with E-state index in [-0.39, 0.29) is 12.5 Å². The molecule has 0 radical (unpaired) electrons. The summed E-state index contributed by atoms with van der Waals surface area (Å²) in [4.78, 5) is 14.8. The third kappa shape index (κ3) is 3.66. The maximum atomic E-state index is 11.1. The van der Waals surface area contributed by atoms with Crippen LogP contribution in [0.15, 0.2) is 12.7 Å². The van der Waals surface area contributed by atoms with Gasteiger partial charge in [-0.25, -0.2) is 9.67 Å². The topological polar surface area (TPSA) is 69.0 Å². The maximum Gasteiger partial charge on any atom is 0.241 e. The Morgan fingerprint density at radius 1 is 1.69 bits per heavy atom. The van der Waals surface area contributed by atoms with Gasteiger partial charge in [0, 0.05) is 13.7 Å². The predicted octanol–water partition coefficient (Wildman–Crippen LogP) is -0.959. The summed E-state index contributed by atoms with van der Waals surface area (Å²) < 4.78 is 6.24. The normalized spacial score (nSPS) is 9.92. The van der Waals surface area contributed by atoms with Crippen LogP contribution in [0.4, 0.5) is 0 Å². The lowest BCUT2D eigenvalue weighted by Gasteiger charge is -2.03. The van der Waals surface area contributed by atoms with Crippen LogP contribution < -0.4 is 5.32 Å². The van der Waals surface area contributed by atoms with E-state index in [2.05, 4.69) is 15.4 Å². The molecule has 0 aliphatic rings. The monoisotopic (exact) mass is 184 g/mol. The quantitative estimate of drug-likeness (QED) is 0.598. The summed E-state index contributed by atoms with van der Waals surface area (Å²) in [5.41, 5.74) is 0. The number of rotatable bonds is 5. The van der Waals surface area contributed by atoms with Gasteiger partial charge in [-0.05, 0) is 0 Å². The average Bonchev–Trinajstić information content (AvgIpc) is 2.57. The van der Waals surface area contributed by atoms with Crippen molar-refractivity contribution in [2.45, 2.75) is 6.54 Å². The molecular formula is C7H12N4O2. The molecule has 1 aromatic heterocycles. The summed E-state index contributed by atoms with van der Waals surface area (Å²) in [5, 5.41) is 6.47. The Balaban J connectivity index is 2.18. The molecule has 0 fully saturated rings. The molecule has 0 aliphatic carbocycles. The maximum absolute atomic E-state index is 11.1. The van der Waals surface area contributed by atoms with Gasteiger partial charge in [0.15, 0.2) is 0 Å². The minimum atomic E-state index is -0.0949. The Hall–Kier alpha value is -1.43. The van der Waals surface area contributed by atoms with Crippen LogP contribution in [-0.2, 0) is 16.1 Å². The molecular weight excluding hydrogens is 172 g/mol. The SMILES string of the molecule is COCCNC(=O)Cn1cncn1. The molecule has 0 saturated carbocycles. The molecule has 1 aromatic rings.